The maximum Gasteiger partial charge on any atom is 0.252 e. The van der Waals surface area contributed by atoms with Crippen LogP contribution in [0.25, 0.3) is 0 Å². The Kier molecular flexibility index (Phi) is 20.2. The first-order valence-electron chi connectivity index (χ1n) is 19.7. The fourth-order valence-electron chi connectivity index (χ4n) is 6.99. The van der Waals surface area contributed by atoms with Gasteiger partial charge in [-0.1, -0.05) is 108 Å². The third-order valence-electron chi connectivity index (χ3n) is 10.0. The van der Waals surface area contributed by atoms with Gasteiger partial charge in [0.1, 0.15) is 24.2 Å². The van der Waals surface area contributed by atoms with Crippen LogP contribution in [0.3, 0.4) is 0 Å². The van der Waals surface area contributed by atoms with Gasteiger partial charge in [-0.05, 0) is 57.8 Å². The molecule has 52 heavy (non-hydrogen) atoms. The summed E-state index contributed by atoms with van der Waals surface area (Å²) in [6.45, 7) is 12.1. The number of carbonyl (C=O) groups excluding carboxylic acids is 1. The highest BCUT2D eigenvalue weighted by molar-refractivity contribution is 7.75. The van der Waals surface area contributed by atoms with E-state index in [0.29, 0.717) is 19.6 Å². The normalized spacial score (nSPS) is 14.9. The number of ether oxygens (including phenoxy) is 3. The zero-order valence-electron chi connectivity index (χ0n) is 33.5. The minimum Gasteiger partial charge on any atom is -0.448 e. The van der Waals surface area contributed by atoms with Crippen LogP contribution in [0, 0.1) is 0 Å². The van der Waals surface area contributed by atoms with Crippen LogP contribution in [0.5, 0.6) is 0 Å². The Labute approximate surface area is 316 Å². The summed E-state index contributed by atoms with van der Waals surface area (Å²) in [6, 6.07) is 19.6. The number of likely N-dealkylation sites (N-methyl/N-ethyl adjacent to an activating group) is 1. The molecule has 2 aromatic carbocycles. The van der Waals surface area contributed by atoms with Gasteiger partial charge in [0.15, 0.2) is 12.0 Å². The van der Waals surface area contributed by atoms with E-state index < -0.39 is 19.5 Å². The van der Waals surface area contributed by atoms with E-state index in [1.54, 1.807) is 7.11 Å². The van der Waals surface area contributed by atoms with Gasteiger partial charge in [0.25, 0.3) is 5.91 Å². The van der Waals surface area contributed by atoms with Crippen molar-refractivity contribution in [1.82, 2.24) is 15.2 Å². The van der Waals surface area contributed by atoms with Gasteiger partial charge in [0, 0.05) is 26.3 Å². The number of unbranched alkanes of at least 4 members (excludes halogenated alkanes) is 3. The Morgan fingerprint density at radius 2 is 1.38 bits per heavy atom. The van der Waals surface area contributed by atoms with Crippen molar-refractivity contribution in [3.63, 3.8) is 0 Å². The van der Waals surface area contributed by atoms with Crippen LogP contribution < -0.4 is 5.32 Å². The summed E-state index contributed by atoms with van der Waals surface area (Å²) in [5.74, 6) is 0.585. The van der Waals surface area contributed by atoms with Gasteiger partial charge >= 0.3 is 0 Å². The summed E-state index contributed by atoms with van der Waals surface area (Å²) in [5.41, 5.74) is 3.12. The number of oxazole rings is 1. The van der Waals surface area contributed by atoms with Crippen molar-refractivity contribution in [3.8, 4) is 0 Å². The van der Waals surface area contributed by atoms with Crippen LogP contribution in [-0.4, -0.2) is 86.4 Å². The minimum atomic E-state index is -1.14. The molecule has 0 radical (unpaired) electrons. The fourth-order valence-corrected chi connectivity index (χ4v) is 11.9. The lowest BCUT2D eigenvalue weighted by Gasteiger charge is -2.36. The lowest BCUT2D eigenvalue weighted by molar-refractivity contribution is -0.157. The fraction of sp³-hybridized carbons (Fsp3) is 0.628. The highest BCUT2D eigenvalue weighted by Gasteiger charge is 2.39. The Balaban J connectivity index is 1.78. The smallest absolute Gasteiger partial charge is 0.252 e. The van der Waals surface area contributed by atoms with E-state index in [4.69, 9.17) is 23.6 Å². The first-order chi connectivity index (χ1) is 25.1. The van der Waals surface area contributed by atoms with Crippen molar-refractivity contribution in [3.05, 3.63) is 89.6 Å². The molecule has 0 saturated carbocycles. The maximum absolute atomic E-state index is 14.3. The van der Waals surface area contributed by atoms with Crippen molar-refractivity contribution in [2.75, 3.05) is 46.3 Å². The number of aromatic nitrogens is 1. The molecule has 0 fully saturated rings. The molecule has 8 nitrogen and oxygen atoms in total. The molecule has 1 heterocycles. The number of rotatable bonds is 27. The molecule has 0 bridgehead atoms. The number of hydrogen-bond acceptors (Lipinski definition) is 7. The Morgan fingerprint density at radius 1 is 0.846 bits per heavy atom. The van der Waals surface area contributed by atoms with E-state index >= 15 is 0 Å². The first kappa shape index (κ1) is 43.8. The van der Waals surface area contributed by atoms with Crippen molar-refractivity contribution in [1.29, 1.82) is 0 Å². The topological polar surface area (TPSA) is 86.1 Å². The van der Waals surface area contributed by atoms with Crippen molar-refractivity contribution in [2.24, 2.45) is 0 Å². The molecule has 0 saturated heterocycles. The molecule has 0 spiro atoms. The Morgan fingerprint density at radius 3 is 1.88 bits per heavy atom. The van der Waals surface area contributed by atoms with E-state index in [2.05, 4.69) is 33.0 Å². The summed E-state index contributed by atoms with van der Waals surface area (Å²) < 4.78 is 24.9. The molecule has 9 heteroatoms. The zero-order valence-corrected chi connectivity index (χ0v) is 34.4. The predicted octanol–water partition coefficient (Wildman–Crippen LogP) is 9.34. The van der Waals surface area contributed by atoms with Gasteiger partial charge in [-0.15, -0.1) is 0 Å². The molecule has 1 N–H and O–H groups in total. The quantitative estimate of drug-likeness (QED) is 0.0781. The molecule has 0 aliphatic carbocycles. The highest BCUT2D eigenvalue weighted by Crippen LogP contribution is 2.63. The van der Waals surface area contributed by atoms with Gasteiger partial charge in [-0.2, -0.15) is 0 Å². The van der Waals surface area contributed by atoms with Gasteiger partial charge in [0.2, 0.25) is 0 Å². The number of carbonyl (C=O) groups is 1. The van der Waals surface area contributed by atoms with E-state index in [-0.39, 0.29) is 30.5 Å². The van der Waals surface area contributed by atoms with E-state index in [9.17, 15) is 4.79 Å². The largest absolute Gasteiger partial charge is 0.448 e. The molecule has 3 aromatic rings. The number of nitrogens with zero attached hydrogens (tertiary/aromatic N) is 2. The van der Waals surface area contributed by atoms with Crippen LogP contribution in [0.1, 0.15) is 108 Å². The van der Waals surface area contributed by atoms with Crippen LogP contribution in [0.4, 0.5) is 0 Å². The standard InChI is InChI=1S/C43H68N3O5P/c1-9-12-25-52(26-13-10-2,27-14-11-3)33-38-31-51-43(45-38)34(4)28-35(5)44-42(47)41(50-30-37-23-19-16-20-24-37)40(39(32-48-8)46(6)7)49-29-36-21-17-15-18-22-36/h15-24,31,34-35,39-41H,9-14,25-30,32-33H2,1-8H3/p+1/t34-,35+,39-,40-,41-/m0/s1. The lowest BCUT2D eigenvalue weighted by atomic mass is 10.0. The van der Waals surface area contributed by atoms with E-state index in [0.717, 1.165) is 28.9 Å². The van der Waals surface area contributed by atoms with E-state index in [1.807, 2.05) is 92.8 Å². The second kappa shape index (κ2) is 23.9. The number of methoxy groups -OCH3 is 1. The molecule has 0 unspecified atom stereocenters. The SMILES string of the molecule is CCCC[P+](CCCC)(CCCC)Cc1coc([C@@H](C)C[C@@H](C)NC(=O)[C@@H](OCc2ccccc2)[C@@H](OCc2ccccc2)[C@H](COC)N(C)C)n1. The highest BCUT2D eigenvalue weighted by atomic mass is 31.2. The third kappa shape index (κ3) is 14.7. The van der Waals surface area contributed by atoms with Crippen molar-refractivity contribution in [2.45, 2.75) is 129 Å². The van der Waals surface area contributed by atoms with Crippen molar-refractivity contribution >= 4 is 13.2 Å². The maximum atomic E-state index is 14.3. The van der Waals surface area contributed by atoms with Gasteiger partial charge in [-0.3, -0.25) is 4.79 Å². The third-order valence-corrected chi connectivity index (χ3v) is 14.8. The number of hydrogen-bond donors (Lipinski definition) is 1. The molecule has 1 amide bonds. The Bertz CT molecular complexity index is 1350. The summed E-state index contributed by atoms with van der Waals surface area (Å²) in [5, 5.41) is 3.28. The number of nitrogens with one attached hydrogen (secondary N) is 1. The molecule has 0 aliphatic heterocycles. The molecule has 290 valence electrons. The van der Waals surface area contributed by atoms with Gasteiger partial charge in [0.05, 0.1) is 44.3 Å². The van der Waals surface area contributed by atoms with Crippen LogP contribution in [0.15, 0.2) is 71.3 Å². The second-order valence-electron chi connectivity index (χ2n) is 14.9. The summed E-state index contributed by atoms with van der Waals surface area (Å²) in [7, 11) is 4.49. The number of benzene rings is 2. The van der Waals surface area contributed by atoms with Gasteiger partial charge in [-0.25, -0.2) is 4.98 Å². The lowest BCUT2D eigenvalue weighted by Crippen LogP contribution is -2.56. The monoisotopic (exact) mass is 738 g/mol. The molecule has 1 aromatic heterocycles. The molecule has 5 atom stereocenters. The summed E-state index contributed by atoms with van der Waals surface area (Å²) in [6.07, 6.45) is 13.9. The molecule has 3 rings (SSSR count). The van der Waals surface area contributed by atoms with Crippen molar-refractivity contribution < 1.29 is 23.4 Å². The average Bonchev–Trinajstić information content (AvgIpc) is 3.61. The molecular formula is C43H69N3O5P+. The molecule has 0 aliphatic rings. The predicted molar refractivity (Wildman–Crippen MR) is 216 cm³/mol. The minimum absolute atomic E-state index is 0.0375. The first-order valence-corrected chi connectivity index (χ1v) is 22.2. The zero-order chi connectivity index (χ0) is 37.8. The summed E-state index contributed by atoms with van der Waals surface area (Å²) >= 11 is 0. The molecular weight excluding hydrogens is 669 g/mol. The van der Waals surface area contributed by atoms with Crippen LogP contribution in [0.2, 0.25) is 0 Å². The van der Waals surface area contributed by atoms with Crippen LogP contribution >= 0.6 is 7.26 Å². The number of amides is 1. The van der Waals surface area contributed by atoms with Crippen LogP contribution in [-0.2, 0) is 38.4 Å². The summed E-state index contributed by atoms with van der Waals surface area (Å²) in [4.78, 5) is 21.4. The second-order valence-corrected chi connectivity index (χ2v) is 19.3. The van der Waals surface area contributed by atoms with Gasteiger partial charge < -0.3 is 28.8 Å². The van der Waals surface area contributed by atoms with E-state index in [1.165, 1.54) is 57.0 Å². The average molecular weight is 739 g/mol. The Hall–Kier alpha value is -2.61.